The van der Waals surface area contributed by atoms with E-state index in [1.165, 1.54) is 18.2 Å². The van der Waals surface area contributed by atoms with Crippen LogP contribution in [0.2, 0.25) is 0 Å². The second kappa shape index (κ2) is 7.21. The Balaban J connectivity index is 2.23. The summed E-state index contributed by atoms with van der Waals surface area (Å²) in [5.74, 6) is 4.79. The van der Waals surface area contributed by atoms with Gasteiger partial charge in [-0.25, -0.2) is 4.39 Å². The zero-order valence-electron chi connectivity index (χ0n) is 11.7. The Hall–Kier alpha value is -1.90. The summed E-state index contributed by atoms with van der Waals surface area (Å²) in [5.41, 5.74) is 0.692. The fourth-order valence-corrected chi connectivity index (χ4v) is 2.26. The van der Waals surface area contributed by atoms with Crippen molar-refractivity contribution < 1.29 is 19.4 Å². The highest BCUT2D eigenvalue weighted by Gasteiger charge is 2.24. The van der Waals surface area contributed by atoms with Crippen molar-refractivity contribution in [1.29, 1.82) is 0 Å². The van der Waals surface area contributed by atoms with Gasteiger partial charge < -0.3 is 15.1 Å². The van der Waals surface area contributed by atoms with Crippen molar-refractivity contribution in [3.05, 3.63) is 35.1 Å². The van der Waals surface area contributed by atoms with Crippen molar-refractivity contribution in [2.75, 3.05) is 19.7 Å². The Labute approximate surface area is 123 Å². The molecule has 0 saturated carbocycles. The van der Waals surface area contributed by atoms with Crippen LogP contribution in [-0.2, 0) is 0 Å². The number of halogens is 1. The predicted molar refractivity (Wildman–Crippen MR) is 76.1 cm³/mol. The maximum absolute atomic E-state index is 13.4. The standard InChI is InChI=1S/C16H18FNO3/c17-13-5-4-12(3-1-2-10-19)15(11-13)16(21)18-8-6-14(20)7-9-18/h4-5,11,14,19-20H,2,6-10H2. The van der Waals surface area contributed by atoms with E-state index in [0.717, 1.165) is 0 Å². The van der Waals surface area contributed by atoms with Gasteiger partial charge in [0.15, 0.2) is 0 Å². The van der Waals surface area contributed by atoms with Gasteiger partial charge in [-0.2, -0.15) is 0 Å². The van der Waals surface area contributed by atoms with E-state index in [0.29, 0.717) is 37.9 Å². The summed E-state index contributed by atoms with van der Waals surface area (Å²) in [6, 6.07) is 3.93. The molecule has 0 spiro atoms. The molecule has 2 rings (SSSR count). The molecule has 5 heteroatoms. The van der Waals surface area contributed by atoms with E-state index >= 15 is 0 Å². The number of nitrogens with zero attached hydrogens (tertiary/aromatic N) is 1. The van der Waals surface area contributed by atoms with E-state index in [1.807, 2.05) is 0 Å². The van der Waals surface area contributed by atoms with Crippen LogP contribution in [0.3, 0.4) is 0 Å². The fraction of sp³-hybridized carbons (Fsp3) is 0.438. The molecule has 2 N–H and O–H groups in total. The van der Waals surface area contributed by atoms with Crippen molar-refractivity contribution in [1.82, 2.24) is 4.90 Å². The van der Waals surface area contributed by atoms with Gasteiger partial charge in [-0.1, -0.05) is 11.8 Å². The molecule has 112 valence electrons. The topological polar surface area (TPSA) is 60.8 Å². The van der Waals surface area contributed by atoms with Gasteiger partial charge in [0.2, 0.25) is 0 Å². The molecular weight excluding hydrogens is 273 g/mol. The Morgan fingerprint density at radius 1 is 1.38 bits per heavy atom. The molecule has 21 heavy (non-hydrogen) atoms. The maximum atomic E-state index is 13.4. The van der Waals surface area contributed by atoms with Crippen LogP contribution in [0.15, 0.2) is 18.2 Å². The first kappa shape index (κ1) is 15.5. The van der Waals surface area contributed by atoms with Crippen molar-refractivity contribution in [2.45, 2.75) is 25.4 Å². The van der Waals surface area contributed by atoms with Crippen molar-refractivity contribution in [2.24, 2.45) is 0 Å². The number of aliphatic hydroxyl groups is 2. The Morgan fingerprint density at radius 2 is 2.10 bits per heavy atom. The van der Waals surface area contributed by atoms with Crippen LogP contribution < -0.4 is 0 Å². The minimum absolute atomic E-state index is 0.0541. The fourth-order valence-electron chi connectivity index (χ4n) is 2.26. The van der Waals surface area contributed by atoms with Gasteiger partial charge in [-0.15, -0.1) is 0 Å². The van der Waals surface area contributed by atoms with Crippen molar-refractivity contribution in [3.63, 3.8) is 0 Å². The molecule has 1 aliphatic rings. The highest BCUT2D eigenvalue weighted by molar-refractivity contribution is 5.96. The van der Waals surface area contributed by atoms with Crippen LogP contribution >= 0.6 is 0 Å². The first-order valence-electron chi connectivity index (χ1n) is 6.98. The second-order valence-corrected chi connectivity index (χ2v) is 4.99. The molecule has 1 amide bonds. The number of aliphatic hydroxyl groups excluding tert-OH is 2. The third kappa shape index (κ3) is 4.03. The quantitative estimate of drug-likeness (QED) is 0.804. The van der Waals surface area contributed by atoms with E-state index in [2.05, 4.69) is 11.8 Å². The molecule has 1 fully saturated rings. The van der Waals surface area contributed by atoms with E-state index in [9.17, 15) is 14.3 Å². The summed E-state index contributed by atoms with van der Waals surface area (Å²) in [6.45, 7) is 0.863. The van der Waals surface area contributed by atoms with E-state index in [1.54, 1.807) is 4.90 Å². The first-order valence-corrected chi connectivity index (χ1v) is 6.98. The van der Waals surface area contributed by atoms with Gasteiger partial charge >= 0.3 is 0 Å². The average Bonchev–Trinajstić information content (AvgIpc) is 2.49. The summed E-state index contributed by atoms with van der Waals surface area (Å²) in [5, 5.41) is 18.2. The van der Waals surface area contributed by atoms with Gasteiger partial charge in [-0.3, -0.25) is 4.79 Å². The van der Waals surface area contributed by atoms with Gasteiger partial charge in [0.1, 0.15) is 5.82 Å². The lowest BCUT2D eigenvalue weighted by Crippen LogP contribution is -2.40. The third-order valence-electron chi connectivity index (χ3n) is 3.42. The predicted octanol–water partition coefficient (Wildman–Crippen LogP) is 1.16. The highest BCUT2D eigenvalue weighted by Crippen LogP contribution is 2.17. The maximum Gasteiger partial charge on any atom is 0.255 e. The van der Waals surface area contributed by atoms with E-state index < -0.39 is 5.82 Å². The summed E-state index contributed by atoms with van der Waals surface area (Å²) in [7, 11) is 0. The highest BCUT2D eigenvalue weighted by atomic mass is 19.1. The molecule has 0 aromatic heterocycles. The van der Waals surface area contributed by atoms with Crippen LogP contribution in [0, 0.1) is 17.7 Å². The number of piperidine rings is 1. The SMILES string of the molecule is O=C(c1cc(F)ccc1C#CCCO)N1CCC(O)CC1. The van der Waals surface area contributed by atoms with Gasteiger partial charge in [0, 0.05) is 25.1 Å². The summed E-state index contributed by atoms with van der Waals surface area (Å²) in [6.07, 6.45) is 1.01. The number of hydrogen-bond acceptors (Lipinski definition) is 3. The van der Waals surface area contributed by atoms with Gasteiger partial charge in [0.25, 0.3) is 5.91 Å². The first-order chi connectivity index (χ1) is 10.1. The van der Waals surface area contributed by atoms with Crippen LogP contribution in [0.4, 0.5) is 4.39 Å². The Kier molecular flexibility index (Phi) is 5.32. The summed E-state index contributed by atoms with van der Waals surface area (Å²) < 4.78 is 13.4. The number of benzene rings is 1. The molecule has 0 aliphatic carbocycles. The van der Waals surface area contributed by atoms with Crippen LogP contribution in [0.1, 0.15) is 35.2 Å². The number of likely N-dealkylation sites (tertiary alicyclic amines) is 1. The number of carbonyl (C=O) groups is 1. The zero-order chi connectivity index (χ0) is 15.2. The van der Waals surface area contributed by atoms with Crippen molar-refractivity contribution in [3.8, 4) is 11.8 Å². The summed E-state index contributed by atoms with van der Waals surface area (Å²) in [4.78, 5) is 14.1. The molecule has 1 aliphatic heterocycles. The molecule has 1 aromatic carbocycles. The molecule has 4 nitrogen and oxygen atoms in total. The molecule has 0 unspecified atom stereocenters. The molecular formula is C16H18FNO3. The van der Waals surface area contributed by atoms with Crippen LogP contribution in [-0.4, -0.2) is 46.8 Å². The average molecular weight is 291 g/mol. The molecule has 1 aromatic rings. The van der Waals surface area contributed by atoms with Gasteiger partial charge in [-0.05, 0) is 31.0 Å². The lowest BCUT2D eigenvalue weighted by Gasteiger charge is -2.29. The monoisotopic (exact) mass is 291 g/mol. The number of carbonyl (C=O) groups excluding carboxylic acids is 1. The summed E-state index contributed by atoms with van der Waals surface area (Å²) >= 11 is 0. The lowest BCUT2D eigenvalue weighted by atomic mass is 10.0. The molecule has 1 heterocycles. The number of rotatable bonds is 2. The Bertz CT molecular complexity index is 569. The minimum atomic E-state index is -0.483. The largest absolute Gasteiger partial charge is 0.395 e. The van der Waals surface area contributed by atoms with E-state index in [-0.39, 0.29) is 24.2 Å². The molecule has 0 atom stereocenters. The van der Waals surface area contributed by atoms with Crippen LogP contribution in [0.5, 0.6) is 0 Å². The smallest absolute Gasteiger partial charge is 0.255 e. The molecule has 0 bridgehead atoms. The Morgan fingerprint density at radius 3 is 2.76 bits per heavy atom. The number of amides is 1. The normalized spacial score (nSPS) is 15.5. The molecule has 1 saturated heterocycles. The second-order valence-electron chi connectivity index (χ2n) is 4.99. The lowest BCUT2D eigenvalue weighted by molar-refractivity contribution is 0.0546. The number of hydrogen-bond donors (Lipinski definition) is 2. The minimum Gasteiger partial charge on any atom is -0.395 e. The van der Waals surface area contributed by atoms with Crippen LogP contribution in [0.25, 0.3) is 0 Å². The van der Waals surface area contributed by atoms with Gasteiger partial charge in [0.05, 0.1) is 18.3 Å². The van der Waals surface area contributed by atoms with Crippen molar-refractivity contribution >= 4 is 5.91 Å². The van der Waals surface area contributed by atoms with E-state index in [4.69, 9.17) is 5.11 Å². The third-order valence-corrected chi connectivity index (χ3v) is 3.42. The molecule has 0 radical (unpaired) electrons. The zero-order valence-corrected chi connectivity index (χ0v) is 11.7.